The molecule has 4 nitrogen and oxygen atoms in total. The van der Waals surface area contributed by atoms with E-state index in [1.54, 1.807) is 30.0 Å². The summed E-state index contributed by atoms with van der Waals surface area (Å²) in [6, 6.07) is 12.1. The Morgan fingerprint density at radius 3 is 2.48 bits per heavy atom. The van der Waals surface area contributed by atoms with Gasteiger partial charge >= 0.3 is 0 Å². The third kappa shape index (κ3) is 8.23. The van der Waals surface area contributed by atoms with Crippen LogP contribution in [0.1, 0.15) is 37.8 Å². The number of thioether (sulfide) groups is 1. The Labute approximate surface area is 203 Å². The van der Waals surface area contributed by atoms with Crippen molar-refractivity contribution in [2.45, 2.75) is 45.0 Å². The van der Waals surface area contributed by atoms with Crippen LogP contribution < -0.4 is 5.32 Å². The van der Waals surface area contributed by atoms with Gasteiger partial charge in [-0.2, -0.15) is 0 Å². The van der Waals surface area contributed by atoms with Crippen molar-refractivity contribution in [1.29, 1.82) is 0 Å². The fraction of sp³-hybridized carbons (Fsp3) is 0.391. The minimum atomic E-state index is -0.628. The first-order valence-electron chi connectivity index (χ1n) is 10.2. The minimum absolute atomic E-state index is 0.138. The van der Waals surface area contributed by atoms with Gasteiger partial charge < -0.3 is 10.2 Å². The van der Waals surface area contributed by atoms with Crippen molar-refractivity contribution in [2.24, 2.45) is 0 Å². The SMILES string of the molecule is CCCCNC(=O)[C@@H](C)N(Cc1ccc(Cl)cc1Cl)C(=O)CSCc1ccccc1Cl. The van der Waals surface area contributed by atoms with Crippen LogP contribution in [0.3, 0.4) is 0 Å². The standard InChI is InChI=1S/C23H27Cl3N2O2S/c1-3-4-11-27-23(30)16(2)28(13-17-9-10-19(24)12-21(17)26)22(29)15-31-14-18-7-5-6-8-20(18)25/h5-10,12,16H,3-4,11,13-15H2,1-2H3,(H,27,30)/t16-/m1/s1. The highest BCUT2D eigenvalue weighted by Crippen LogP contribution is 2.25. The van der Waals surface area contributed by atoms with Gasteiger partial charge in [0.15, 0.2) is 0 Å². The maximum Gasteiger partial charge on any atom is 0.242 e. The Kier molecular flexibility index (Phi) is 11.0. The lowest BCUT2D eigenvalue weighted by Gasteiger charge is -2.29. The van der Waals surface area contributed by atoms with Crippen LogP contribution in [0, 0.1) is 0 Å². The molecule has 0 fully saturated rings. The van der Waals surface area contributed by atoms with E-state index >= 15 is 0 Å². The number of carbonyl (C=O) groups excluding carboxylic acids is 2. The molecule has 2 rings (SSSR count). The van der Waals surface area contributed by atoms with Crippen LogP contribution in [-0.4, -0.2) is 35.1 Å². The predicted molar refractivity (Wildman–Crippen MR) is 132 cm³/mol. The van der Waals surface area contributed by atoms with Crippen LogP contribution in [0.5, 0.6) is 0 Å². The first kappa shape index (κ1) is 25.9. The number of benzene rings is 2. The molecule has 31 heavy (non-hydrogen) atoms. The third-order valence-corrected chi connectivity index (χ3v) is 6.72. The Morgan fingerprint density at radius 2 is 1.81 bits per heavy atom. The second kappa shape index (κ2) is 13.2. The van der Waals surface area contributed by atoms with Gasteiger partial charge in [-0.15, -0.1) is 11.8 Å². The number of hydrogen-bond donors (Lipinski definition) is 1. The molecule has 0 radical (unpaired) electrons. The van der Waals surface area contributed by atoms with Gasteiger partial charge in [-0.3, -0.25) is 9.59 Å². The van der Waals surface area contributed by atoms with Crippen LogP contribution in [0.25, 0.3) is 0 Å². The van der Waals surface area contributed by atoms with E-state index < -0.39 is 6.04 Å². The number of amides is 2. The summed E-state index contributed by atoms with van der Waals surface area (Å²) in [6.07, 6.45) is 1.87. The van der Waals surface area contributed by atoms with E-state index in [0.717, 1.165) is 24.0 Å². The second-order valence-electron chi connectivity index (χ2n) is 7.16. The molecule has 1 N–H and O–H groups in total. The van der Waals surface area contributed by atoms with E-state index in [2.05, 4.69) is 12.2 Å². The number of unbranched alkanes of at least 4 members (excludes halogenated alkanes) is 1. The van der Waals surface area contributed by atoms with E-state index in [1.807, 2.05) is 24.3 Å². The second-order valence-corrected chi connectivity index (χ2v) is 9.40. The van der Waals surface area contributed by atoms with Crippen molar-refractivity contribution < 1.29 is 9.59 Å². The normalized spacial score (nSPS) is 11.8. The summed E-state index contributed by atoms with van der Waals surface area (Å²) in [6.45, 7) is 4.61. The van der Waals surface area contributed by atoms with E-state index in [0.29, 0.717) is 27.4 Å². The van der Waals surface area contributed by atoms with Crippen molar-refractivity contribution in [2.75, 3.05) is 12.3 Å². The zero-order valence-corrected chi connectivity index (χ0v) is 20.8. The van der Waals surface area contributed by atoms with Gasteiger partial charge in [0.05, 0.1) is 5.75 Å². The highest BCUT2D eigenvalue weighted by atomic mass is 35.5. The zero-order chi connectivity index (χ0) is 22.8. The van der Waals surface area contributed by atoms with E-state index in [9.17, 15) is 9.59 Å². The molecule has 0 aliphatic carbocycles. The fourth-order valence-electron chi connectivity index (χ4n) is 2.90. The van der Waals surface area contributed by atoms with Crippen LogP contribution in [-0.2, 0) is 21.9 Å². The molecule has 8 heteroatoms. The van der Waals surface area contributed by atoms with Crippen molar-refractivity contribution in [3.05, 3.63) is 68.7 Å². The number of nitrogens with one attached hydrogen (secondary N) is 1. The summed E-state index contributed by atoms with van der Waals surface area (Å²) >= 11 is 20.0. The zero-order valence-electron chi connectivity index (χ0n) is 17.7. The molecule has 168 valence electrons. The molecule has 0 spiro atoms. The van der Waals surface area contributed by atoms with Gasteiger partial charge in [0.2, 0.25) is 11.8 Å². The minimum Gasteiger partial charge on any atom is -0.354 e. The third-order valence-electron chi connectivity index (χ3n) is 4.79. The topological polar surface area (TPSA) is 49.4 Å². The van der Waals surface area contributed by atoms with Gasteiger partial charge in [-0.05, 0) is 42.7 Å². The fourth-order valence-corrected chi connectivity index (χ4v) is 4.56. The average Bonchev–Trinajstić information content (AvgIpc) is 2.74. The number of halogens is 3. The largest absolute Gasteiger partial charge is 0.354 e. The van der Waals surface area contributed by atoms with Crippen LogP contribution in [0.2, 0.25) is 15.1 Å². The molecular weight excluding hydrogens is 475 g/mol. The maximum atomic E-state index is 13.1. The summed E-state index contributed by atoms with van der Waals surface area (Å²) in [7, 11) is 0. The molecule has 0 saturated carbocycles. The average molecular weight is 502 g/mol. The van der Waals surface area contributed by atoms with Crippen molar-refractivity contribution in [3.63, 3.8) is 0 Å². The summed E-state index contributed by atoms with van der Waals surface area (Å²) in [5, 5.41) is 4.57. The molecule has 0 aliphatic heterocycles. The molecule has 2 aromatic rings. The van der Waals surface area contributed by atoms with Crippen LogP contribution in [0.4, 0.5) is 0 Å². The Balaban J connectivity index is 2.10. The number of rotatable bonds is 11. The van der Waals surface area contributed by atoms with Crippen molar-refractivity contribution >= 4 is 58.4 Å². The molecule has 0 unspecified atom stereocenters. The number of nitrogens with zero attached hydrogens (tertiary/aromatic N) is 1. The molecule has 1 atom stereocenters. The molecule has 2 amide bonds. The molecule has 0 aliphatic rings. The van der Waals surface area contributed by atoms with Gasteiger partial charge in [-0.25, -0.2) is 0 Å². The summed E-state index contributed by atoms with van der Waals surface area (Å²) in [5.74, 6) is 0.519. The predicted octanol–water partition coefficient (Wildman–Crippen LogP) is 6.21. The highest BCUT2D eigenvalue weighted by Gasteiger charge is 2.26. The van der Waals surface area contributed by atoms with Gasteiger partial charge in [0.1, 0.15) is 6.04 Å². The smallest absolute Gasteiger partial charge is 0.242 e. The molecule has 0 bridgehead atoms. The van der Waals surface area contributed by atoms with Crippen LogP contribution in [0.15, 0.2) is 42.5 Å². The monoisotopic (exact) mass is 500 g/mol. The lowest BCUT2D eigenvalue weighted by atomic mass is 10.1. The van der Waals surface area contributed by atoms with Gasteiger partial charge in [0.25, 0.3) is 0 Å². The molecule has 0 saturated heterocycles. The Hall–Kier alpha value is -1.40. The molecule has 0 heterocycles. The van der Waals surface area contributed by atoms with E-state index in [4.69, 9.17) is 34.8 Å². The summed E-state index contributed by atoms with van der Waals surface area (Å²) in [5.41, 5.74) is 1.71. The quantitative estimate of drug-likeness (QED) is 0.372. The van der Waals surface area contributed by atoms with Crippen molar-refractivity contribution in [3.8, 4) is 0 Å². The maximum absolute atomic E-state index is 13.1. The highest BCUT2D eigenvalue weighted by molar-refractivity contribution is 7.99. The molecular formula is C23H27Cl3N2O2S. The molecule has 2 aromatic carbocycles. The number of carbonyl (C=O) groups is 2. The first-order chi connectivity index (χ1) is 14.8. The lowest BCUT2D eigenvalue weighted by molar-refractivity contribution is -0.138. The van der Waals surface area contributed by atoms with Gasteiger partial charge in [-0.1, -0.05) is 72.4 Å². The summed E-state index contributed by atoms with van der Waals surface area (Å²) < 4.78 is 0. The van der Waals surface area contributed by atoms with Crippen molar-refractivity contribution in [1.82, 2.24) is 10.2 Å². The number of hydrogen-bond acceptors (Lipinski definition) is 3. The molecule has 0 aromatic heterocycles. The Bertz CT molecular complexity index is 895. The van der Waals surface area contributed by atoms with E-state index in [-0.39, 0.29) is 24.1 Å². The first-order valence-corrected chi connectivity index (χ1v) is 12.4. The van der Waals surface area contributed by atoms with Crippen LogP contribution >= 0.6 is 46.6 Å². The lowest BCUT2D eigenvalue weighted by Crippen LogP contribution is -2.48. The van der Waals surface area contributed by atoms with E-state index in [1.165, 1.54) is 11.8 Å². The Morgan fingerprint density at radius 1 is 1.06 bits per heavy atom. The summed E-state index contributed by atoms with van der Waals surface area (Å²) in [4.78, 5) is 27.3. The van der Waals surface area contributed by atoms with Gasteiger partial charge in [0, 0.05) is 33.9 Å².